The van der Waals surface area contributed by atoms with E-state index in [-0.39, 0.29) is 5.82 Å². The molecule has 0 aliphatic rings. The lowest BCUT2D eigenvalue weighted by Crippen LogP contribution is -2.15. The van der Waals surface area contributed by atoms with Gasteiger partial charge in [-0.1, -0.05) is 0 Å². The predicted molar refractivity (Wildman–Crippen MR) is 59.3 cm³/mol. The molecule has 0 fully saturated rings. The SMILES string of the molecule is O=S(=O)(Nc1cscn1)c1cc(F)ccc1F. The van der Waals surface area contributed by atoms with E-state index in [1.165, 1.54) is 22.2 Å². The monoisotopic (exact) mass is 276 g/mol. The van der Waals surface area contributed by atoms with E-state index in [0.29, 0.717) is 6.07 Å². The summed E-state index contributed by atoms with van der Waals surface area (Å²) in [5.41, 5.74) is 1.42. The van der Waals surface area contributed by atoms with Crippen LogP contribution in [-0.2, 0) is 10.0 Å². The van der Waals surface area contributed by atoms with Gasteiger partial charge in [-0.15, -0.1) is 11.3 Å². The second kappa shape index (κ2) is 4.38. The molecule has 17 heavy (non-hydrogen) atoms. The summed E-state index contributed by atoms with van der Waals surface area (Å²) < 4.78 is 51.7. The molecule has 0 unspecified atom stereocenters. The van der Waals surface area contributed by atoms with Gasteiger partial charge in [-0.25, -0.2) is 22.2 Å². The lowest BCUT2D eigenvalue weighted by atomic mass is 10.3. The summed E-state index contributed by atoms with van der Waals surface area (Å²) >= 11 is 1.18. The third-order valence-electron chi connectivity index (χ3n) is 1.85. The first-order chi connectivity index (χ1) is 7.99. The van der Waals surface area contributed by atoms with Gasteiger partial charge in [0.1, 0.15) is 16.5 Å². The fourth-order valence-electron chi connectivity index (χ4n) is 1.14. The predicted octanol–water partition coefficient (Wildman–Crippen LogP) is 2.22. The van der Waals surface area contributed by atoms with Crippen LogP contribution in [0, 0.1) is 11.6 Å². The van der Waals surface area contributed by atoms with Crippen LogP contribution in [0.15, 0.2) is 34.0 Å². The van der Waals surface area contributed by atoms with E-state index in [2.05, 4.69) is 4.98 Å². The minimum Gasteiger partial charge on any atom is -0.263 e. The van der Waals surface area contributed by atoms with E-state index in [1.54, 1.807) is 0 Å². The van der Waals surface area contributed by atoms with Crippen LogP contribution in [0.3, 0.4) is 0 Å². The molecular weight excluding hydrogens is 270 g/mol. The summed E-state index contributed by atoms with van der Waals surface area (Å²) in [5.74, 6) is -1.78. The van der Waals surface area contributed by atoms with Crippen molar-refractivity contribution in [3.8, 4) is 0 Å². The van der Waals surface area contributed by atoms with Crippen LogP contribution < -0.4 is 4.72 Å². The van der Waals surface area contributed by atoms with Crippen LogP contribution in [-0.4, -0.2) is 13.4 Å². The number of aromatic nitrogens is 1. The Balaban J connectivity index is 2.41. The number of benzene rings is 1. The lowest BCUT2D eigenvalue weighted by Gasteiger charge is -2.06. The maximum absolute atomic E-state index is 13.3. The summed E-state index contributed by atoms with van der Waals surface area (Å²) in [4.78, 5) is 2.95. The number of rotatable bonds is 3. The summed E-state index contributed by atoms with van der Waals surface area (Å²) in [6, 6.07) is 2.21. The molecule has 0 saturated heterocycles. The number of sulfonamides is 1. The third kappa shape index (κ3) is 2.59. The Morgan fingerprint density at radius 3 is 2.71 bits per heavy atom. The van der Waals surface area contributed by atoms with Gasteiger partial charge < -0.3 is 0 Å². The van der Waals surface area contributed by atoms with Gasteiger partial charge in [0.15, 0.2) is 5.82 Å². The smallest absolute Gasteiger partial charge is 0.263 e. The summed E-state index contributed by atoms with van der Waals surface area (Å²) in [6.07, 6.45) is 0. The van der Waals surface area contributed by atoms with Crippen molar-refractivity contribution < 1.29 is 17.2 Å². The van der Waals surface area contributed by atoms with Crippen LogP contribution in [0.5, 0.6) is 0 Å². The van der Waals surface area contributed by atoms with E-state index in [9.17, 15) is 17.2 Å². The van der Waals surface area contributed by atoms with Crippen LogP contribution in [0.1, 0.15) is 0 Å². The number of hydrogen-bond acceptors (Lipinski definition) is 4. The fourth-order valence-corrected chi connectivity index (χ4v) is 2.79. The molecule has 0 spiro atoms. The van der Waals surface area contributed by atoms with Gasteiger partial charge in [0, 0.05) is 5.38 Å². The van der Waals surface area contributed by atoms with Crippen molar-refractivity contribution in [1.29, 1.82) is 0 Å². The minimum atomic E-state index is -4.16. The molecule has 0 amide bonds. The Hall–Kier alpha value is -1.54. The second-order valence-corrected chi connectivity index (χ2v) is 5.42. The number of halogens is 2. The van der Waals surface area contributed by atoms with E-state index in [0.717, 1.165) is 12.1 Å². The molecule has 0 saturated carbocycles. The lowest BCUT2D eigenvalue weighted by molar-refractivity contribution is 0.555. The highest BCUT2D eigenvalue weighted by Gasteiger charge is 2.20. The molecule has 0 aliphatic heterocycles. The first kappa shape index (κ1) is 11.9. The van der Waals surface area contributed by atoms with Crippen molar-refractivity contribution in [2.75, 3.05) is 4.72 Å². The van der Waals surface area contributed by atoms with Crippen LogP contribution in [0.4, 0.5) is 14.6 Å². The first-order valence-corrected chi connectivity index (χ1v) is 6.78. The fraction of sp³-hybridized carbons (Fsp3) is 0. The van der Waals surface area contributed by atoms with Gasteiger partial charge in [0.2, 0.25) is 0 Å². The van der Waals surface area contributed by atoms with E-state index in [4.69, 9.17) is 0 Å². The molecule has 0 bridgehead atoms. The number of thiazole rings is 1. The van der Waals surface area contributed by atoms with Crippen molar-refractivity contribution >= 4 is 27.2 Å². The molecule has 0 aliphatic carbocycles. The molecule has 1 aromatic heterocycles. The highest BCUT2D eigenvalue weighted by Crippen LogP contribution is 2.19. The Labute approximate surface area is 100.0 Å². The van der Waals surface area contributed by atoms with Gasteiger partial charge >= 0.3 is 0 Å². The maximum atomic E-state index is 13.3. The zero-order valence-electron chi connectivity index (χ0n) is 8.22. The summed E-state index contributed by atoms with van der Waals surface area (Å²) in [5, 5.41) is 1.44. The Morgan fingerprint density at radius 1 is 1.29 bits per heavy atom. The van der Waals surface area contributed by atoms with Gasteiger partial charge in [-0.2, -0.15) is 0 Å². The minimum absolute atomic E-state index is 0.0682. The average Bonchev–Trinajstić information content (AvgIpc) is 2.73. The highest BCUT2D eigenvalue weighted by atomic mass is 32.2. The Kier molecular flexibility index (Phi) is 3.07. The topological polar surface area (TPSA) is 59.1 Å². The summed E-state index contributed by atoms with van der Waals surface area (Å²) in [6.45, 7) is 0. The molecule has 1 heterocycles. The first-order valence-electron chi connectivity index (χ1n) is 4.35. The number of nitrogens with one attached hydrogen (secondary N) is 1. The van der Waals surface area contributed by atoms with Gasteiger partial charge in [-0.05, 0) is 18.2 Å². The second-order valence-electron chi connectivity index (χ2n) is 3.05. The number of hydrogen-bond donors (Lipinski definition) is 1. The van der Waals surface area contributed by atoms with Crippen molar-refractivity contribution in [1.82, 2.24) is 4.98 Å². The third-order valence-corrected chi connectivity index (χ3v) is 3.81. The van der Waals surface area contributed by atoms with Crippen molar-refractivity contribution in [2.45, 2.75) is 4.90 Å². The molecule has 90 valence electrons. The van der Waals surface area contributed by atoms with Gasteiger partial charge in [-0.3, -0.25) is 4.72 Å². The van der Waals surface area contributed by atoms with Gasteiger partial charge in [0.05, 0.1) is 5.51 Å². The van der Waals surface area contributed by atoms with E-state index < -0.39 is 26.6 Å². The molecule has 0 atom stereocenters. The molecule has 1 N–H and O–H groups in total. The quantitative estimate of drug-likeness (QED) is 0.935. The van der Waals surface area contributed by atoms with Crippen LogP contribution in [0.2, 0.25) is 0 Å². The van der Waals surface area contributed by atoms with Gasteiger partial charge in [0.25, 0.3) is 10.0 Å². The zero-order valence-corrected chi connectivity index (χ0v) is 9.86. The van der Waals surface area contributed by atoms with Crippen molar-refractivity contribution in [3.63, 3.8) is 0 Å². The Morgan fingerprint density at radius 2 is 2.06 bits per heavy atom. The Bertz CT molecular complexity index is 626. The van der Waals surface area contributed by atoms with E-state index >= 15 is 0 Å². The number of anilines is 1. The average molecular weight is 276 g/mol. The van der Waals surface area contributed by atoms with Crippen molar-refractivity contribution in [2.24, 2.45) is 0 Å². The molecular formula is C9H6F2N2O2S2. The van der Waals surface area contributed by atoms with E-state index in [1.807, 2.05) is 4.72 Å². The molecule has 2 rings (SSSR count). The number of nitrogens with zero attached hydrogens (tertiary/aromatic N) is 1. The maximum Gasteiger partial charge on any atom is 0.266 e. The standard InChI is InChI=1S/C9H6F2N2O2S2/c10-6-1-2-7(11)8(3-6)17(14,15)13-9-4-16-5-12-9/h1-5,13H. The normalized spacial score (nSPS) is 11.4. The van der Waals surface area contributed by atoms with Crippen molar-refractivity contribution in [3.05, 3.63) is 40.7 Å². The molecule has 8 heteroatoms. The van der Waals surface area contributed by atoms with Crippen LogP contribution >= 0.6 is 11.3 Å². The largest absolute Gasteiger partial charge is 0.266 e. The molecule has 1 aromatic carbocycles. The van der Waals surface area contributed by atoms with Crippen LogP contribution in [0.25, 0.3) is 0 Å². The zero-order chi connectivity index (χ0) is 12.5. The molecule has 4 nitrogen and oxygen atoms in total. The molecule has 0 radical (unpaired) electrons. The molecule has 2 aromatic rings. The summed E-state index contributed by atoms with van der Waals surface area (Å²) in [7, 11) is -4.16. The highest BCUT2D eigenvalue weighted by molar-refractivity contribution is 7.92.